The van der Waals surface area contributed by atoms with E-state index in [9.17, 15) is 4.39 Å². The Bertz CT molecular complexity index is 370. The SMILES string of the molecule is C[C@@H]1CN(Cc2ccc(Br)c(F)c2)CCN1. The Morgan fingerprint density at radius 1 is 1.56 bits per heavy atom. The largest absolute Gasteiger partial charge is 0.312 e. The van der Waals surface area contributed by atoms with E-state index >= 15 is 0 Å². The molecule has 0 spiro atoms. The Kier molecular flexibility index (Phi) is 3.95. The summed E-state index contributed by atoms with van der Waals surface area (Å²) in [6, 6.07) is 5.88. The molecule has 1 atom stereocenters. The quantitative estimate of drug-likeness (QED) is 0.898. The van der Waals surface area contributed by atoms with Gasteiger partial charge in [0.15, 0.2) is 0 Å². The van der Waals surface area contributed by atoms with Crippen molar-refractivity contribution in [2.75, 3.05) is 19.6 Å². The predicted molar refractivity (Wildman–Crippen MR) is 66.8 cm³/mol. The van der Waals surface area contributed by atoms with Gasteiger partial charge in [0.2, 0.25) is 0 Å². The van der Waals surface area contributed by atoms with E-state index in [0.29, 0.717) is 10.5 Å². The molecule has 1 aromatic carbocycles. The van der Waals surface area contributed by atoms with Crippen molar-refractivity contribution in [1.82, 2.24) is 10.2 Å². The van der Waals surface area contributed by atoms with E-state index in [0.717, 1.165) is 31.7 Å². The summed E-state index contributed by atoms with van der Waals surface area (Å²) >= 11 is 3.17. The van der Waals surface area contributed by atoms with Gasteiger partial charge in [-0.05, 0) is 40.5 Å². The summed E-state index contributed by atoms with van der Waals surface area (Å²) in [7, 11) is 0. The van der Waals surface area contributed by atoms with Crippen LogP contribution in [0.1, 0.15) is 12.5 Å². The van der Waals surface area contributed by atoms with Crippen molar-refractivity contribution >= 4 is 15.9 Å². The summed E-state index contributed by atoms with van der Waals surface area (Å²) < 4.78 is 13.9. The molecule has 0 aliphatic carbocycles. The highest BCUT2D eigenvalue weighted by atomic mass is 79.9. The van der Waals surface area contributed by atoms with E-state index in [-0.39, 0.29) is 5.82 Å². The van der Waals surface area contributed by atoms with Crippen molar-refractivity contribution in [3.8, 4) is 0 Å². The number of hydrogen-bond donors (Lipinski definition) is 1. The van der Waals surface area contributed by atoms with E-state index in [4.69, 9.17) is 0 Å². The van der Waals surface area contributed by atoms with E-state index in [1.807, 2.05) is 6.07 Å². The van der Waals surface area contributed by atoms with Crippen molar-refractivity contribution in [1.29, 1.82) is 0 Å². The van der Waals surface area contributed by atoms with Gasteiger partial charge in [-0.25, -0.2) is 4.39 Å². The Hall–Kier alpha value is -0.450. The molecule has 1 aromatic rings. The first-order valence-electron chi connectivity index (χ1n) is 5.55. The van der Waals surface area contributed by atoms with Crippen LogP contribution >= 0.6 is 15.9 Å². The summed E-state index contributed by atoms with van der Waals surface area (Å²) in [5.74, 6) is -0.180. The van der Waals surface area contributed by atoms with E-state index in [1.165, 1.54) is 0 Å². The smallest absolute Gasteiger partial charge is 0.137 e. The zero-order valence-corrected chi connectivity index (χ0v) is 10.9. The maximum absolute atomic E-state index is 13.3. The maximum atomic E-state index is 13.3. The second kappa shape index (κ2) is 5.25. The standard InChI is InChI=1S/C12H16BrFN2/c1-9-7-16(5-4-15-9)8-10-2-3-11(13)12(14)6-10/h2-3,6,9,15H,4-5,7-8H2,1H3/t9-/m1/s1. The molecule has 0 saturated carbocycles. The van der Waals surface area contributed by atoms with Crippen LogP contribution in [0.4, 0.5) is 4.39 Å². The first-order valence-corrected chi connectivity index (χ1v) is 6.34. The van der Waals surface area contributed by atoms with Gasteiger partial charge in [0.05, 0.1) is 4.47 Å². The van der Waals surface area contributed by atoms with Crippen LogP contribution in [0.5, 0.6) is 0 Å². The molecule has 0 bridgehead atoms. The molecule has 0 radical (unpaired) electrons. The Labute approximate surface area is 104 Å². The average Bonchev–Trinajstić information content (AvgIpc) is 2.24. The number of hydrogen-bond acceptors (Lipinski definition) is 2. The normalized spacial score (nSPS) is 22.3. The third-order valence-electron chi connectivity index (χ3n) is 2.84. The molecule has 2 rings (SSSR count). The average molecular weight is 287 g/mol. The van der Waals surface area contributed by atoms with Crippen LogP contribution in [0.15, 0.2) is 22.7 Å². The lowest BCUT2D eigenvalue weighted by atomic mass is 10.1. The van der Waals surface area contributed by atoms with Crippen molar-refractivity contribution < 1.29 is 4.39 Å². The molecule has 16 heavy (non-hydrogen) atoms. The first kappa shape index (κ1) is 12.0. The second-order valence-electron chi connectivity index (χ2n) is 4.34. The third kappa shape index (κ3) is 3.03. The number of piperazine rings is 1. The van der Waals surface area contributed by atoms with Crippen LogP contribution < -0.4 is 5.32 Å². The molecule has 1 aliphatic heterocycles. The molecule has 1 heterocycles. The van der Waals surface area contributed by atoms with Crippen molar-refractivity contribution in [2.45, 2.75) is 19.5 Å². The molecule has 2 nitrogen and oxygen atoms in total. The minimum absolute atomic E-state index is 0.180. The van der Waals surface area contributed by atoms with E-state index in [2.05, 4.69) is 33.1 Å². The monoisotopic (exact) mass is 286 g/mol. The first-order chi connectivity index (χ1) is 7.65. The Morgan fingerprint density at radius 3 is 3.06 bits per heavy atom. The molecule has 1 fully saturated rings. The highest BCUT2D eigenvalue weighted by Gasteiger charge is 2.15. The summed E-state index contributed by atoms with van der Waals surface area (Å²) in [6.07, 6.45) is 0. The molecule has 0 aromatic heterocycles. The van der Waals surface area contributed by atoms with Crippen LogP contribution in [0, 0.1) is 5.82 Å². The van der Waals surface area contributed by atoms with Crippen molar-refractivity contribution in [2.24, 2.45) is 0 Å². The number of benzene rings is 1. The second-order valence-corrected chi connectivity index (χ2v) is 5.19. The van der Waals surface area contributed by atoms with Gasteiger partial charge >= 0.3 is 0 Å². The summed E-state index contributed by atoms with van der Waals surface area (Å²) in [5.41, 5.74) is 1.04. The molecule has 88 valence electrons. The lowest BCUT2D eigenvalue weighted by Crippen LogP contribution is -2.48. The van der Waals surface area contributed by atoms with Gasteiger partial charge in [-0.15, -0.1) is 0 Å². The minimum Gasteiger partial charge on any atom is -0.312 e. The fourth-order valence-electron chi connectivity index (χ4n) is 2.05. The van der Waals surface area contributed by atoms with Gasteiger partial charge in [-0.3, -0.25) is 4.90 Å². The predicted octanol–water partition coefficient (Wildman–Crippen LogP) is 2.38. The number of nitrogens with one attached hydrogen (secondary N) is 1. The molecule has 1 saturated heterocycles. The Balaban J connectivity index is 2.00. The van der Waals surface area contributed by atoms with Crippen molar-refractivity contribution in [3.63, 3.8) is 0 Å². The van der Waals surface area contributed by atoms with Crippen LogP contribution in [-0.4, -0.2) is 30.6 Å². The number of halogens is 2. The molecule has 1 aliphatic rings. The third-order valence-corrected chi connectivity index (χ3v) is 3.49. The van der Waals surface area contributed by atoms with Crippen molar-refractivity contribution in [3.05, 3.63) is 34.1 Å². The zero-order valence-electron chi connectivity index (χ0n) is 9.34. The minimum atomic E-state index is -0.180. The summed E-state index contributed by atoms with van der Waals surface area (Å²) in [4.78, 5) is 2.35. The molecular formula is C12H16BrFN2. The summed E-state index contributed by atoms with van der Waals surface area (Å²) in [5, 5.41) is 3.39. The fourth-order valence-corrected chi connectivity index (χ4v) is 2.30. The molecule has 1 N–H and O–H groups in total. The highest BCUT2D eigenvalue weighted by molar-refractivity contribution is 9.10. The fraction of sp³-hybridized carbons (Fsp3) is 0.500. The summed E-state index contributed by atoms with van der Waals surface area (Å²) in [6.45, 7) is 6.07. The lowest BCUT2D eigenvalue weighted by molar-refractivity contribution is 0.199. The highest BCUT2D eigenvalue weighted by Crippen LogP contribution is 2.17. The Morgan fingerprint density at radius 2 is 2.38 bits per heavy atom. The number of rotatable bonds is 2. The van der Waals surface area contributed by atoms with Gasteiger partial charge in [0.25, 0.3) is 0 Å². The van der Waals surface area contributed by atoms with Gasteiger partial charge in [0.1, 0.15) is 5.82 Å². The van der Waals surface area contributed by atoms with Gasteiger partial charge in [-0.1, -0.05) is 6.07 Å². The molecular weight excluding hydrogens is 271 g/mol. The van der Waals surface area contributed by atoms with Gasteiger partial charge < -0.3 is 5.32 Å². The van der Waals surface area contributed by atoms with Crippen LogP contribution in [0.3, 0.4) is 0 Å². The van der Waals surface area contributed by atoms with E-state index in [1.54, 1.807) is 12.1 Å². The molecule has 0 amide bonds. The lowest BCUT2D eigenvalue weighted by Gasteiger charge is -2.31. The van der Waals surface area contributed by atoms with Crippen LogP contribution in [-0.2, 0) is 6.54 Å². The van der Waals surface area contributed by atoms with Crippen LogP contribution in [0.2, 0.25) is 0 Å². The topological polar surface area (TPSA) is 15.3 Å². The molecule has 0 unspecified atom stereocenters. The molecule has 4 heteroatoms. The van der Waals surface area contributed by atoms with E-state index < -0.39 is 0 Å². The zero-order chi connectivity index (χ0) is 11.5. The van der Waals surface area contributed by atoms with Gasteiger partial charge in [-0.2, -0.15) is 0 Å². The van der Waals surface area contributed by atoms with Crippen LogP contribution in [0.25, 0.3) is 0 Å². The number of nitrogens with zero attached hydrogens (tertiary/aromatic N) is 1. The van der Waals surface area contributed by atoms with Gasteiger partial charge in [0, 0.05) is 32.2 Å². The maximum Gasteiger partial charge on any atom is 0.137 e.